The second-order valence-corrected chi connectivity index (χ2v) is 2.75. The quantitative estimate of drug-likeness (QED) is 0.632. The first-order valence-corrected chi connectivity index (χ1v) is 4.43. The van der Waals surface area contributed by atoms with Crippen LogP contribution in [0.3, 0.4) is 0 Å². The molecule has 0 fully saturated rings. The van der Waals surface area contributed by atoms with E-state index in [0.717, 1.165) is 0 Å². The summed E-state index contributed by atoms with van der Waals surface area (Å²) in [6.07, 6.45) is 3.59. The van der Waals surface area contributed by atoms with Crippen LogP contribution in [0.2, 0.25) is 0 Å². The highest BCUT2D eigenvalue weighted by Gasteiger charge is 2.06. The van der Waals surface area contributed by atoms with Crippen molar-refractivity contribution < 1.29 is 0 Å². The smallest absolute Gasteiger partial charge is 0.0149 e. The van der Waals surface area contributed by atoms with Gasteiger partial charge in [0.15, 0.2) is 0 Å². The molecule has 0 saturated carbocycles. The van der Waals surface area contributed by atoms with Crippen molar-refractivity contribution in [3.63, 3.8) is 0 Å². The highest BCUT2D eigenvalue weighted by atomic mass is 14.7. The predicted molar refractivity (Wildman–Crippen MR) is 58.5 cm³/mol. The lowest BCUT2D eigenvalue weighted by atomic mass is 9.94. The molecule has 1 heterocycles. The number of rotatable bonds is 3. The minimum atomic E-state index is 0.342. The van der Waals surface area contributed by atoms with Gasteiger partial charge in [-0.15, -0.1) is 0 Å². The van der Waals surface area contributed by atoms with Crippen LogP contribution in [-0.2, 0) is 19.3 Å². The summed E-state index contributed by atoms with van der Waals surface area (Å²) in [4.78, 5) is 3.58. The molecule has 0 radical (unpaired) electrons. The van der Waals surface area contributed by atoms with E-state index in [1.807, 2.05) is 0 Å². The Kier molecular flexibility index (Phi) is 3.02. The van der Waals surface area contributed by atoms with Crippen LogP contribution in [0.4, 0.5) is 0 Å². The van der Waals surface area contributed by atoms with E-state index in [1.54, 1.807) is 16.7 Å². The Morgan fingerprint density at radius 1 is 1.00 bits per heavy atom. The van der Waals surface area contributed by atoms with Gasteiger partial charge in [0.2, 0.25) is 0 Å². The zero-order valence-electron chi connectivity index (χ0n) is 7.62. The van der Waals surface area contributed by atoms with Crippen molar-refractivity contribution in [2.24, 2.45) is 0 Å². The Morgan fingerprint density at radius 3 is 2.00 bits per heavy atom. The van der Waals surface area contributed by atoms with Crippen LogP contribution < -0.4 is 5.59 Å². The summed E-state index contributed by atoms with van der Waals surface area (Å²) in [7, 11) is 0.342. The van der Waals surface area contributed by atoms with Crippen molar-refractivity contribution in [2.75, 3.05) is 0 Å². The average molecular weight is 164 g/mol. The Balaban J connectivity index is 3.16. The maximum Gasteiger partial charge on any atom is 0.0149 e. The molecule has 0 aliphatic rings. The lowest BCUT2D eigenvalue weighted by molar-refractivity contribution is 0.985. The molecule has 68 valence electrons. The number of hydrogen-bond donors (Lipinski definition) is 1. The summed E-state index contributed by atoms with van der Waals surface area (Å²) in [5.41, 5.74) is 6.38. The molecule has 2 heteroatoms. The normalized spacial score (nSPS) is 10.7. The first-order chi connectivity index (χ1) is 5.74. The average Bonchev–Trinajstić information content (AvgIpc) is 2.40. The van der Waals surface area contributed by atoms with Crippen LogP contribution in [0.1, 0.15) is 37.6 Å². The van der Waals surface area contributed by atoms with Gasteiger partial charge in [0, 0.05) is 5.69 Å². The highest BCUT2D eigenvalue weighted by molar-refractivity contribution is 6.32. The molecule has 0 atom stereocenters. The SMILES string of the molecule is [BH3-]c1[nH]c(CC)c(CC)c1CC. The maximum absolute atomic E-state index is 3.58. The third-order valence-corrected chi connectivity index (χ3v) is 2.15. The fraction of sp³-hybridized carbons (Fsp3) is 0.600. The van der Waals surface area contributed by atoms with Gasteiger partial charge < -0.3 is 4.98 Å². The molecule has 0 bridgehead atoms. The molecule has 1 aromatic rings. The van der Waals surface area contributed by atoms with E-state index < -0.39 is 0 Å². The van der Waals surface area contributed by atoms with Crippen molar-refractivity contribution in [1.29, 1.82) is 0 Å². The fourth-order valence-corrected chi connectivity index (χ4v) is 1.51. The van der Waals surface area contributed by atoms with Gasteiger partial charge in [0.05, 0.1) is 0 Å². The molecule has 1 N–H and O–H groups in total. The molecule has 0 aliphatic carbocycles. The summed E-state index contributed by atoms with van der Waals surface area (Å²) >= 11 is 0. The molecule has 0 unspecified atom stereocenters. The molecular weight excluding hydrogens is 145 g/mol. The van der Waals surface area contributed by atoms with Crippen molar-refractivity contribution in [2.45, 2.75) is 40.0 Å². The van der Waals surface area contributed by atoms with Gasteiger partial charge in [0.1, 0.15) is 0 Å². The van der Waals surface area contributed by atoms with Crippen molar-refractivity contribution in [3.8, 4) is 0 Å². The highest BCUT2D eigenvalue weighted by Crippen LogP contribution is 2.13. The van der Waals surface area contributed by atoms with Gasteiger partial charge >= 0.3 is 0 Å². The first kappa shape index (κ1) is 9.43. The van der Waals surface area contributed by atoms with Crippen molar-refractivity contribution in [3.05, 3.63) is 16.8 Å². The molecule has 1 rings (SSSR count). The molecule has 12 heavy (non-hydrogen) atoms. The molecule has 0 saturated heterocycles. The van der Waals surface area contributed by atoms with Gasteiger partial charge in [0.25, 0.3) is 0 Å². The van der Waals surface area contributed by atoms with Gasteiger partial charge in [-0.05, 0) is 32.7 Å². The summed E-state index contributed by atoms with van der Waals surface area (Å²) in [6.45, 7) is 6.78. The number of aromatic nitrogens is 1. The molecule has 1 nitrogen and oxygen atoms in total. The topological polar surface area (TPSA) is 15.8 Å². The van der Waals surface area contributed by atoms with E-state index in [4.69, 9.17) is 0 Å². The van der Waals surface area contributed by atoms with Crippen LogP contribution in [0.25, 0.3) is 0 Å². The van der Waals surface area contributed by atoms with Crippen molar-refractivity contribution >= 4 is 13.4 Å². The number of hydrogen-bond acceptors (Lipinski definition) is 0. The van der Waals surface area contributed by atoms with E-state index in [2.05, 4.69) is 25.8 Å². The number of H-pyrrole nitrogens is 1. The second-order valence-electron chi connectivity index (χ2n) is 2.75. The zero-order chi connectivity index (χ0) is 9.14. The molecule has 0 aromatic carbocycles. The van der Waals surface area contributed by atoms with E-state index >= 15 is 0 Å². The largest absolute Gasteiger partial charge is 0.401 e. The van der Waals surface area contributed by atoms with E-state index in [9.17, 15) is 0 Å². The van der Waals surface area contributed by atoms with Gasteiger partial charge in [-0.3, -0.25) is 0 Å². The lowest BCUT2D eigenvalue weighted by Gasteiger charge is -2.02. The van der Waals surface area contributed by atoms with E-state index in [0.29, 0.717) is 7.85 Å². The van der Waals surface area contributed by atoms with Gasteiger partial charge in [-0.1, -0.05) is 26.3 Å². The van der Waals surface area contributed by atoms with E-state index in [1.165, 1.54) is 25.0 Å². The molecule has 0 spiro atoms. The lowest BCUT2D eigenvalue weighted by Crippen LogP contribution is -2.09. The molecule has 0 amide bonds. The van der Waals surface area contributed by atoms with Crippen LogP contribution in [0, 0.1) is 0 Å². The van der Waals surface area contributed by atoms with Crippen LogP contribution in [-0.4, -0.2) is 12.8 Å². The Labute approximate surface area is 76.0 Å². The second kappa shape index (κ2) is 3.84. The number of aromatic amines is 1. The Bertz CT molecular complexity index is 263. The fourth-order valence-electron chi connectivity index (χ4n) is 1.51. The van der Waals surface area contributed by atoms with Crippen molar-refractivity contribution in [1.82, 2.24) is 4.98 Å². The Hall–Kier alpha value is -0.655. The third kappa shape index (κ3) is 1.43. The monoisotopic (exact) mass is 164 g/mol. The van der Waals surface area contributed by atoms with Crippen LogP contribution in [0.15, 0.2) is 0 Å². The van der Waals surface area contributed by atoms with Crippen LogP contribution in [0.5, 0.6) is 0 Å². The summed E-state index contributed by atoms with van der Waals surface area (Å²) in [5, 5.41) is 0. The minimum absolute atomic E-state index is 0.342. The summed E-state index contributed by atoms with van der Waals surface area (Å²) < 4.78 is 0. The first-order valence-electron chi connectivity index (χ1n) is 4.43. The Morgan fingerprint density at radius 2 is 1.58 bits per heavy atom. The van der Waals surface area contributed by atoms with Crippen LogP contribution >= 0.6 is 0 Å². The van der Waals surface area contributed by atoms with E-state index in [-0.39, 0.29) is 0 Å². The van der Waals surface area contributed by atoms with Gasteiger partial charge in [-0.25, -0.2) is 0 Å². The number of aryl methyl sites for hydroxylation is 1. The maximum atomic E-state index is 3.58. The minimum Gasteiger partial charge on any atom is -0.401 e. The summed E-state index contributed by atoms with van der Waals surface area (Å²) in [6, 6.07) is 0. The third-order valence-electron chi connectivity index (χ3n) is 2.15. The standard InChI is InChI=1S/C10H19BN/c1-4-7-8(5-2)10(11)12-9(7)6-3/h12H,4-6H2,1-3,11H3/q-1. The predicted octanol–water partition coefficient (Wildman–Crippen LogP) is 0.693. The zero-order valence-corrected chi connectivity index (χ0v) is 7.62. The number of nitrogens with one attached hydrogen (secondary N) is 1. The summed E-state index contributed by atoms with van der Waals surface area (Å²) in [5.74, 6) is 0. The molecule has 0 aliphatic heterocycles. The molecule has 1 aromatic heterocycles. The van der Waals surface area contributed by atoms with Gasteiger partial charge in [-0.2, -0.15) is 5.59 Å². The molecular formula is C10H19BN-.